The molecular formula is C24H29N3O2S. The van der Waals surface area contributed by atoms with E-state index in [1.54, 1.807) is 4.90 Å². The normalized spacial score (nSPS) is 17.8. The number of nitrogens with one attached hydrogen (secondary N) is 1. The van der Waals surface area contributed by atoms with Gasteiger partial charge in [0.2, 0.25) is 11.8 Å². The van der Waals surface area contributed by atoms with Crippen molar-refractivity contribution in [2.24, 2.45) is 4.99 Å². The summed E-state index contributed by atoms with van der Waals surface area (Å²) in [5.74, 6) is 0.239. The van der Waals surface area contributed by atoms with E-state index in [1.165, 1.54) is 17.3 Å². The number of anilines is 1. The Morgan fingerprint density at radius 2 is 1.87 bits per heavy atom. The van der Waals surface area contributed by atoms with E-state index >= 15 is 0 Å². The molecular weight excluding hydrogens is 394 g/mol. The van der Waals surface area contributed by atoms with Gasteiger partial charge in [-0.05, 0) is 56.0 Å². The molecule has 158 valence electrons. The maximum absolute atomic E-state index is 12.8. The predicted octanol–water partition coefficient (Wildman–Crippen LogP) is 5.41. The first-order valence-electron chi connectivity index (χ1n) is 10.3. The molecule has 0 aromatic heterocycles. The van der Waals surface area contributed by atoms with Gasteiger partial charge in [-0.3, -0.25) is 14.5 Å². The Balaban J connectivity index is 1.71. The van der Waals surface area contributed by atoms with Crippen molar-refractivity contribution in [2.75, 3.05) is 11.9 Å². The summed E-state index contributed by atoms with van der Waals surface area (Å²) in [6.45, 7) is 10.7. The minimum Gasteiger partial charge on any atom is -0.326 e. The number of carbonyl (C=O) groups is 2. The Bertz CT molecular complexity index is 967. The molecule has 6 heteroatoms. The second-order valence-corrected chi connectivity index (χ2v) is 9.07. The molecule has 1 atom stereocenters. The SMILES string of the molecule is CCN1C(=O)[C@@H](CC(=O)Nc2ccc(C)cc2C)SC1=Nc1ccc(C(C)C)cc1. The molecule has 2 amide bonds. The van der Waals surface area contributed by atoms with Gasteiger partial charge in [-0.2, -0.15) is 0 Å². The number of amidine groups is 1. The molecule has 0 spiro atoms. The molecule has 0 radical (unpaired) electrons. The number of hydrogen-bond acceptors (Lipinski definition) is 4. The number of thioether (sulfide) groups is 1. The highest BCUT2D eigenvalue weighted by molar-refractivity contribution is 8.15. The summed E-state index contributed by atoms with van der Waals surface area (Å²) in [4.78, 5) is 31.7. The van der Waals surface area contributed by atoms with Crippen LogP contribution in [0.25, 0.3) is 0 Å². The summed E-state index contributed by atoms with van der Waals surface area (Å²) in [6, 6.07) is 14.0. The Morgan fingerprint density at radius 3 is 2.47 bits per heavy atom. The van der Waals surface area contributed by atoms with Gasteiger partial charge in [-0.15, -0.1) is 0 Å². The highest BCUT2D eigenvalue weighted by Crippen LogP contribution is 2.32. The average Bonchev–Trinajstić information content (AvgIpc) is 2.98. The van der Waals surface area contributed by atoms with E-state index in [4.69, 9.17) is 0 Å². The van der Waals surface area contributed by atoms with Gasteiger partial charge in [-0.1, -0.05) is 55.4 Å². The summed E-state index contributed by atoms with van der Waals surface area (Å²) in [5, 5.41) is 3.14. The maximum Gasteiger partial charge on any atom is 0.242 e. The van der Waals surface area contributed by atoms with Crippen molar-refractivity contribution < 1.29 is 9.59 Å². The molecule has 0 saturated carbocycles. The first kappa shape index (κ1) is 22.1. The number of rotatable bonds is 6. The van der Waals surface area contributed by atoms with Crippen LogP contribution < -0.4 is 5.32 Å². The number of nitrogens with zero attached hydrogens (tertiary/aromatic N) is 2. The Morgan fingerprint density at radius 1 is 1.17 bits per heavy atom. The van der Waals surface area contributed by atoms with E-state index in [2.05, 4.69) is 36.3 Å². The minimum atomic E-state index is -0.454. The number of carbonyl (C=O) groups excluding carboxylic acids is 2. The van der Waals surface area contributed by atoms with Crippen molar-refractivity contribution in [3.63, 3.8) is 0 Å². The predicted molar refractivity (Wildman–Crippen MR) is 126 cm³/mol. The number of aryl methyl sites for hydroxylation is 2. The lowest BCUT2D eigenvalue weighted by atomic mass is 10.0. The molecule has 3 rings (SSSR count). The highest BCUT2D eigenvalue weighted by Gasteiger charge is 2.38. The molecule has 0 aliphatic carbocycles. The highest BCUT2D eigenvalue weighted by atomic mass is 32.2. The quantitative estimate of drug-likeness (QED) is 0.676. The fourth-order valence-corrected chi connectivity index (χ4v) is 4.61. The second kappa shape index (κ2) is 9.47. The topological polar surface area (TPSA) is 61.8 Å². The van der Waals surface area contributed by atoms with Crippen molar-refractivity contribution in [1.29, 1.82) is 0 Å². The van der Waals surface area contributed by atoms with Crippen LogP contribution in [0.5, 0.6) is 0 Å². The summed E-state index contributed by atoms with van der Waals surface area (Å²) < 4.78 is 0. The zero-order chi connectivity index (χ0) is 21.8. The molecule has 1 aliphatic rings. The van der Waals surface area contributed by atoms with Gasteiger partial charge in [-0.25, -0.2) is 4.99 Å². The van der Waals surface area contributed by atoms with Gasteiger partial charge in [0.1, 0.15) is 5.25 Å². The minimum absolute atomic E-state index is 0.0594. The van der Waals surface area contributed by atoms with Crippen molar-refractivity contribution in [2.45, 2.75) is 52.2 Å². The third-order valence-electron chi connectivity index (χ3n) is 5.15. The van der Waals surface area contributed by atoms with Gasteiger partial charge in [0.15, 0.2) is 5.17 Å². The van der Waals surface area contributed by atoms with Crippen LogP contribution in [-0.2, 0) is 9.59 Å². The van der Waals surface area contributed by atoms with E-state index in [1.807, 2.05) is 51.1 Å². The molecule has 1 N–H and O–H groups in total. The molecule has 1 aliphatic heterocycles. The van der Waals surface area contributed by atoms with Crippen LogP contribution in [0.2, 0.25) is 0 Å². The zero-order valence-electron chi connectivity index (χ0n) is 18.2. The van der Waals surface area contributed by atoms with E-state index in [0.717, 1.165) is 22.5 Å². The molecule has 2 aromatic carbocycles. The fourth-order valence-electron chi connectivity index (χ4n) is 3.38. The molecule has 0 unspecified atom stereocenters. The number of aliphatic imine (C=N–C) groups is 1. The lowest BCUT2D eigenvalue weighted by molar-refractivity contribution is -0.128. The van der Waals surface area contributed by atoms with Crippen molar-refractivity contribution in [3.8, 4) is 0 Å². The Labute approximate surface area is 183 Å². The molecule has 2 aromatic rings. The third kappa shape index (κ3) is 5.11. The Hall–Kier alpha value is -2.60. The van der Waals surface area contributed by atoms with Crippen LogP contribution in [0.4, 0.5) is 11.4 Å². The summed E-state index contributed by atoms with van der Waals surface area (Å²) in [5.41, 5.74) is 5.01. The smallest absolute Gasteiger partial charge is 0.242 e. The third-order valence-corrected chi connectivity index (χ3v) is 6.32. The van der Waals surface area contributed by atoms with Gasteiger partial charge in [0.25, 0.3) is 0 Å². The lowest BCUT2D eigenvalue weighted by Gasteiger charge is -2.14. The van der Waals surface area contributed by atoms with Crippen LogP contribution in [0.1, 0.15) is 49.8 Å². The standard InChI is InChI=1S/C24H29N3O2S/c1-6-27-23(29)21(14-22(28)26-20-12-7-16(4)13-17(20)5)30-24(27)25-19-10-8-18(9-11-19)15(2)3/h7-13,15,21H,6,14H2,1-5H3,(H,26,28)/t21-/m1/s1. The van der Waals surface area contributed by atoms with E-state index < -0.39 is 5.25 Å². The summed E-state index contributed by atoms with van der Waals surface area (Å²) in [7, 11) is 0. The lowest BCUT2D eigenvalue weighted by Crippen LogP contribution is -2.33. The van der Waals surface area contributed by atoms with Gasteiger partial charge >= 0.3 is 0 Å². The van der Waals surface area contributed by atoms with Crippen LogP contribution in [0.15, 0.2) is 47.5 Å². The molecule has 5 nitrogen and oxygen atoms in total. The maximum atomic E-state index is 12.8. The zero-order valence-corrected chi connectivity index (χ0v) is 19.0. The molecule has 30 heavy (non-hydrogen) atoms. The number of amides is 2. The van der Waals surface area contributed by atoms with E-state index in [0.29, 0.717) is 17.6 Å². The second-order valence-electron chi connectivity index (χ2n) is 7.90. The van der Waals surface area contributed by atoms with Crippen LogP contribution >= 0.6 is 11.8 Å². The van der Waals surface area contributed by atoms with E-state index in [-0.39, 0.29) is 18.2 Å². The average molecular weight is 424 g/mol. The van der Waals surface area contributed by atoms with Crippen LogP contribution in [-0.4, -0.2) is 33.7 Å². The van der Waals surface area contributed by atoms with Gasteiger partial charge in [0, 0.05) is 18.7 Å². The van der Waals surface area contributed by atoms with Gasteiger partial charge < -0.3 is 5.32 Å². The number of hydrogen-bond donors (Lipinski definition) is 1. The molecule has 0 bridgehead atoms. The summed E-state index contributed by atoms with van der Waals surface area (Å²) >= 11 is 1.37. The Kier molecular flexibility index (Phi) is 6.98. The largest absolute Gasteiger partial charge is 0.326 e. The number of benzene rings is 2. The molecule has 1 fully saturated rings. The van der Waals surface area contributed by atoms with Crippen LogP contribution in [0.3, 0.4) is 0 Å². The molecule has 1 saturated heterocycles. The van der Waals surface area contributed by atoms with Crippen molar-refractivity contribution >= 4 is 40.1 Å². The first-order chi connectivity index (χ1) is 14.3. The monoisotopic (exact) mass is 423 g/mol. The fraction of sp³-hybridized carbons (Fsp3) is 0.375. The molecule has 1 heterocycles. The van der Waals surface area contributed by atoms with Crippen LogP contribution in [0, 0.1) is 13.8 Å². The first-order valence-corrected chi connectivity index (χ1v) is 11.2. The summed E-state index contributed by atoms with van der Waals surface area (Å²) in [6.07, 6.45) is 0.124. The van der Waals surface area contributed by atoms with E-state index in [9.17, 15) is 9.59 Å². The van der Waals surface area contributed by atoms with Gasteiger partial charge in [0.05, 0.1) is 5.69 Å². The van der Waals surface area contributed by atoms with Crippen molar-refractivity contribution in [1.82, 2.24) is 4.90 Å². The van der Waals surface area contributed by atoms with Crippen molar-refractivity contribution in [3.05, 3.63) is 59.2 Å².